The third-order valence-electron chi connectivity index (χ3n) is 0.997. The molecule has 0 amide bonds. The van der Waals surface area contributed by atoms with Crippen LogP contribution in [0.4, 0.5) is 0 Å². The molecule has 0 N–H and O–H groups in total. The van der Waals surface area contributed by atoms with Crippen LogP contribution in [0.2, 0.25) is 4.47 Å². The van der Waals surface area contributed by atoms with Crippen molar-refractivity contribution < 1.29 is 0 Å². The first-order chi connectivity index (χ1) is 4.68. The molecule has 56 valence electrons. The molecule has 1 heterocycles. The Labute approximate surface area is 69.4 Å². The number of rotatable bonds is 2. The molecular formula is C6H9ClN2S. The van der Waals surface area contributed by atoms with Crippen LogP contribution in [0.1, 0.15) is 4.88 Å². The highest BCUT2D eigenvalue weighted by Crippen LogP contribution is 2.18. The summed E-state index contributed by atoms with van der Waals surface area (Å²) in [5, 5.41) is 0. The van der Waals surface area contributed by atoms with Crippen LogP contribution in [0.5, 0.6) is 0 Å². The lowest BCUT2D eigenvalue weighted by Crippen LogP contribution is -2.09. The summed E-state index contributed by atoms with van der Waals surface area (Å²) in [6.07, 6.45) is 1.81. The number of thiazole rings is 1. The average Bonchev–Trinajstić information content (AvgIpc) is 2.13. The first kappa shape index (κ1) is 7.98. The van der Waals surface area contributed by atoms with E-state index in [9.17, 15) is 0 Å². The van der Waals surface area contributed by atoms with E-state index in [1.54, 1.807) is 0 Å². The van der Waals surface area contributed by atoms with E-state index in [4.69, 9.17) is 11.6 Å². The maximum Gasteiger partial charge on any atom is 0.183 e. The summed E-state index contributed by atoms with van der Waals surface area (Å²) >= 11 is 7.16. The molecule has 0 fully saturated rings. The zero-order valence-electron chi connectivity index (χ0n) is 5.97. The van der Waals surface area contributed by atoms with Gasteiger partial charge in [-0.3, -0.25) is 0 Å². The van der Waals surface area contributed by atoms with E-state index < -0.39 is 0 Å². The van der Waals surface area contributed by atoms with Crippen molar-refractivity contribution in [3.05, 3.63) is 15.5 Å². The third-order valence-corrected chi connectivity index (χ3v) is 2.10. The molecule has 10 heavy (non-hydrogen) atoms. The van der Waals surface area contributed by atoms with Gasteiger partial charge in [0.15, 0.2) is 4.47 Å². The number of aromatic nitrogens is 1. The molecule has 0 saturated heterocycles. The molecule has 4 heteroatoms. The quantitative estimate of drug-likeness (QED) is 0.684. The third kappa shape index (κ3) is 2.25. The Morgan fingerprint density at radius 3 is 2.80 bits per heavy atom. The van der Waals surface area contributed by atoms with Crippen molar-refractivity contribution in [3.8, 4) is 0 Å². The van der Waals surface area contributed by atoms with Crippen LogP contribution in [0.25, 0.3) is 0 Å². The molecule has 0 unspecified atom stereocenters. The Morgan fingerprint density at radius 2 is 2.40 bits per heavy atom. The van der Waals surface area contributed by atoms with Gasteiger partial charge in [0.1, 0.15) is 0 Å². The minimum absolute atomic E-state index is 0.622. The lowest BCUT2D eigenvalue weighted by atomic mass is 10.5. The van der Waals surface area contributed by atoms with Gasteiger partial charge in [-0.05, 0) is 14.1 Å². The highest BCUT2D eigenvalue weighted by Gasteiger charge is 1.99. The van der Waals surface area contributed by atoms with Gasteiger partial charge in [-0.2, -0.15) is 0 Å². The highest BCUT2D eigenvalue weighted by atomic mass is 35.5. The van der Waals surface area contributed by atoms with Crippen LogP contribution < -0.4 is 0 Å². The molecule has 0 aromatic carbocycles. The van der Waals surface area contributed by atoms with Gasteiger partial charge in [0.05, 0.1) is 0 Å². The summed E-state index contributed by atoms with van der Waals surface area (Å²) < 4.78 is 0.622. The molecule has 0 radical (unpaired) electrons. The second-order valence-electron chi connectivity index (χ2n) is 2.32. The van der Waals surface area contributed by atoms with Gasteiger partial charge in [0.25, 0.3) is 0 Å². The Bertz CT molecular complexity index is 209. The number of hydrogen-bond donors (Lipinski definition) is 0. The van der Waals surface area contributed by atoms with E-state index in [0.717, 1.165) is 6.54 Å². The Balaban J connectivity index is 2.58. The molecule has 2 nitrogen and oxygen atoms in total. The van der Waals surface area contributed by atoms with E-state index in [0.29, 0.717) is 4.47 Å². The zero-order valence-corrected chi connectivity index (χ0v) is 7.54. The van der Waals surface area contributed by atoms with Crippen LogP contribution in [0.3, 0.4) is 0 Å². The minimum atomic E-state index is 0.622. The summed E-state index contributed by atoms with van der Waals surface area (Å²) in [5.74, 6) is 0. The van der Waals surface area contributed by atoms with Crippen molar-refractivity contribution in [1.29, 1.82) is 0 Å². The zero-order chi connectivity index (χ0) is 7.56. The van der Waals surface area contributed by atoms with E-state index >= 15 is 0 Å². The maximum atomic E-state index is 5.63. The Hall–Kier alpha value is -0.120. The van der Waals surface area contributed by atoms with E-state index in [1.165, 1.54) is 16.2 Å². The smallest absolute Gasteiger partial charge is 0.183 e. The molecule has 1 rings (SSSR count). The molecule has 1 aromatic rings. The molecule has 0 saturated carbocycles. The average molecular weight is 177 g/mol. The lowest BCUT2D eigenvalue weighted by molar-refractivity contribution is 0.406. The highest BCUT2D eigenvalue weighted by molar-refractivity contribution is 7.15. The number of nitrogens with zero attached hydrogens (tertiary/aromatic N) is 2. The largest absolute Gasteiger partial charge is 0.304 e. The van der Waals surface area contributed by atoms with Crippen molar-refractivity contribution >= 4 is 22.9 Å². The van der Waals surface area contributed by atoms with Crippen LogP contribution in [-0.4, -0.2) is 24.0 Å². The van der Waals surface area contributed by atoms with Crippen molar-refractivity contribution in [2.75, 3.05) is 14.1 Å². The summed E-state index contributed by atoms with van der Waals surface area (Å²) in [4.78, 5) is 7.22. The van der Waals surface area contributed by atoms with Gasteiger partial charge in [-0.15, -0.1) is 11.3 Å². The molecule has 0 aliphatic rings. The maximum absolute atomic E-state index is 5.63. The molecule has 0 aliphatic heterocycles. The van der Waals surface area contributed by atoms with Gasteiger partial charge in [0.2, 0.25) is 0 Å². The van der Waals surface area contributed by atoms with E-state index in [2.05, 4.69) is 9.88 Å². The topological polar surface area (TPSA) is 16.1 Å². The Kier molecular flexibility index (Phi) is 2.65. The van der Waals surface area contributed by atoms with E-state index in [-0.39, 0.29) is 0 Å². The second-order valence-corrected chi connectivity index (χ2v) is 4.01. The first-order valence-corrected chi connectivity index (χ1v) is 4.13. The monoisotopic (exact) mass is 176 g/mol. The van der Waals surface area contributed by atoms with Crippen LogP contribution in [-0.2, 0) is 6.54 Å². The normalized spacial score (nSPS) is 10.8. The molecule has 0 aliphatic carbocycles. The summed E-state index contributed by atoms with van der Waals surface area (Å²) in [5.41, 5.74) is 0. The van der Waals surface area contributed by atoms with E-state index in [1.807, 2.05) is 20.3 Å². The molecular weight excluding hydrogens is 168 g/mol. The van der Waals surface area contributed by atoms with Crippen molar-refractivity contribution in [2.45, 2.75) is 6.54 Å². The standard InChI is InChI=1S/C6H9ClN2S/c1-9(2)4-5-3-8-6(7)10-5/h3H,4H2,1-2H3. The minimum Gasteiger partial charge on any atom is -0.304 e. The summed E-state index contributed by atoms with van der Waals surface area (Å²) in [6.45, 7) is 0.921. The lowest BCUT2D eigenvalue weighted by Gasteiger charge is -2.04. The molecule has 1 aromatic heterocycles. The fourth-order valence-electron chi connectivity index (χ4n) is 0.668. The predicted molar refractivity (Wildman–Crippen MR) is 44.5 cm³/mol. The van der Waals surface area contributed by atoms with Gasteiger partial charge in [-0.1, -0.05) is 11.6 Å². The van der Waals surface area contributed by atoms with Crippen LogP contribution in [0, 0.1) is 0 Å². The van der Waals surface area contributed by atoms with Crippen LogP contribution in [0.15, 0.2) is 6.20 Å². The second kappa shape index (κ2) is 3.32. The molecule has 0 spiro atoms. The van der Waals surface area contributed by atoms with Crippen molar-refractivity contribution in [2.24, 2.45) is 0 Å². The van der Waals surface area contributed by atoms with Crippen molar-refractivity contribution in [1.82, 2.24) is 9.88 Å². The van der Waals surface area contributed by atoms with Crippen LogP contribution >= 0.6 is 22.9 Å². The number of halogens is 1. The van der Waals surface area contributed by atoms with Gasteiger partial charge >= 0.3 is 0 Å². The number of hydrogen-bond acceptors (Lipinski definition) is 3. The van der Waals surface area contributed by atoms with Crippen molar-refractivity contribution in [3.63, 3.8) is 0 Å². The fraction of sp³-hybridized carbons (Fsp3) is 0.500. The van der Waals surface area contributed by atoms with Gasteiger partial charge in [-0.25, -0.2) is 4.98 Å². The first-order valence-electron chi connectivity index (χ1n) is 2.93. The van der Waals surface area contributed by atoms with Gasteiger partial charge in [0, 0.05) is 17.6 Å². The SMILES string of the molecule is CN(C)Cc1cnc(Cl)s1. The molecule has 0 bridgehead atoms. The summed E-state index contributed by atoms with van der Waals surface area (Å²) in [7, 11) is 4.04. The Morgan fingerprint density at radius 1 is 1.70 bits per heavy atom. The molecule has 0 atom stereocenters. The fourth-order valence-corrected chi connectivity index (χ4v) is 1.76. The summed E-state index contributed by atoms with van der Waals surface area (Å²) in [6, 6.07) is 0. The predicted octanol–water partition coefficient (Wildman–Crippen LogP) is 1.86. The van der Waals surface area contributed by atoms with Gasteiger partial charge < -0.3 is 4.90 Å².